The van der Waals surface area contributed by atoms with E-state index in [2.05, 4.69) is 171 Å². The van der Waals surface area contributed by atoms with E-state index in [1.807, 2.05) is 24.3 Å². The SMILES string of the molecule is C=C/C=C(\C=C/N(C)/C=C\C(=C/C=C)C(C1=CC2=C(C1)Cc1ccccc12)(c1ccccc1)c1ccccc1)c1ccccc1. The van der Waals surface area contributed by atoms with Crippen LogP contribution in [0.5, 0.6) is 0 Å². The second-order valence-corrected chi connectivity index (χ2v) is 11.6. The maximum Gasteiger partial charge on any atom is 0.0668 e. The summed E-state index contributed by atoms with van der Waals surface area (Å²) in [5.74, 6) is 0. The molecule has 0 saturated carbocycles. The molecule has 0 saturated heterocycles. The fourth-order valence-electron chi connectivity index (χ4n) is 6.80. The van der Waals surface area contributed by atoms with Crippen LogP contribution >= 0.6 is 0 Å². The summed E-state index contributed by atoms with van der Waals surface area (Å²) in [6, 6.07) is 41.1. The van der Waals surface area contributed by atoms with Crippen LogP contribution in [0, 0.1) is 0 Å². The first-order valence-electron chi connectivity index (χ1n) is 15.6. The molecule has 6 rings (SSSR count). The van der Waals surface area contributed by atoms with Gasteiger partial charge in [-0.1, -0.05) is 164 Å². The van der Waals surface area contributed by atoms with Crippen LogP contribution in [0.3, 0.4) is 0 Å². The average molecular weight is 582 g/mol. The normalized spacial score (nSPS) is 14.9. The molecule has 0 heterocycles. The quantitative estimate of drug-likeness (QED) is 0.159. The first kappa shape index (κ1) is 29.7. The maximum atomic E-state index is 4.17. The number of hydrogen-bond donors (Lipinski definition) is 0. The van der Waals surface area contributed by atoms with Crippen LogP contribution < -0.4 is 0 Å². The van der Waals surface area contributed by atoms with Gasteiger partial charge in [-0.05, 0) is 75.1 Å². The molecule has 1 nitrogen and oxygen atoms in total. The van der Waals surface area contributed by atoms with Gasteiger partial charge in [0.2, 0.25) is 0 Å². The fraction of sp³-hybridized carbons (Fsp3) is 0.0909. The Bertz CT molecular complexity index is 1820. The molecule has 0 N–H and O–H groups in total. The lowest BCUT2D eigenvalue weighted by Crippen LogP contribution is -2.32. The molecule has 0 aliphatic heterocycles. The van der Waals surface area contributed by atoms with E-state index in [0.29, 0.717) is 0 Å². The third-order valence-electron chi connectivity index (χ3n) is 8.82. The van der Waals surface area contributed by atoms with E-state index in [4.69, 9.17) is 0 Å². The van der Waals surface area contributed by atoms with E-state index >= 15 is 0 Å². The van der Waals surface area contributed by atoms with Gasteiger partial charge in [-0.25, -0.2) is 0 Å². The summed E-state index contributed by atoms with van der Waals surface area (Å²) in [4.78, 5) is 2.11. The largest absolute Gasteiger partial charge is 0.357 e. The number of allylic oxidation sites excluding steroid dienone is 12. The van der Waals surface area contributed by atoms with Gasteiger partial charge < -0.3 is 4.90 Å². The van der Waals surface area contributed by atoms with Gasteiger partial charge in [-0.15, -0.1) is 0 Å². The van der Waals surface area contributed by atoms with E-state index in [0.717, 1.165) is 24.0 Å². The summed E-state index contributed by atoms with van der Waals surface area (Å²) in [6.07, 6.45) is 21.0. The molecule has 4 aromatic rings. The van der Waals surface area contributed by atoms with Crippen LogP contribution in [0.4, 0.5) is 0 Å². The van der Waals surface area contributed by atoms with Crippen molar-refractivity contribution >= 4 is 11.1 Å². The Morgan fingerprint density at radius 2 is 1.24 bits per heavy atom. The van der Waals surface area contributed by atoms with Crippen molar-refractivity contribution in [1.29, 1.82) is 0 Å². The molecule has 0 unspecified atom stereocenters. The van der Waals surface area contributed by atoms with Crippen LogP contribution in [0.2, 0.25) is 0 Å². The Morgan fingerprint density at radius 3 is 1.89 bits per heavy atom. The highest BCUT2D eigenvalue weighted by molar-refractivity contribution is 5.88. The molecule has 220 valence electrons. The molecule has 0 spiro atoms. The number of benzene rings is 4. The van der Waals surface area contributed by atoms with Crippen LogP contribution in [0.25, 0.3) is 11.1 Å². The standard InChI is InChI=1S/C44H39N/c1-4-17-34(35-19-9-6-10-20-35)27-29-45(3)30-28-38(18-5-2)44(39-22-11-7-12-23-39,40-24-13-8-14-25-40)41-32-37-31-36-21-15-16-26-42(36)43(37)33-41/h4-30,33H,1-2,31-32H2,3H3/b29-27-,30-28-,34-17+,38-18+. The van der Waals surface area contributed by atoms with Crippen molar-refractivity contribution in [2.45, 2.75) is 18.3 Å². The highest BCUT2D eigenvalue weighted by atomic mass is 15.0. The van der Waals surface area contributed by atoms with E-state index in [9.17, 15) is 0 Å². The van der Waals surface area contributed by atoms with Crippen molar-refractivity contribution in [3.63, 3.8) is 0 Å². The molecule has 0 bridgehead atoms. The second kappa shape index (κ2) is 13.5. The predicted molar refractivity (Wildman–Crippen MR) is 192 cm³/mol. The van der Waals surface area contributed by atoms with Crippen LogP contribution in [0.1, 0.15) is 34.2 Å². The third kappa shape index (κ3) is 5.90. The molecule has 0 fully saturated rings. The van der Waals surface area contributed by atoms with E-state index in [1.165, 1.54) is 44.5 Å². The Morgan fingerprint density at radius 1 is 0.667 bits per heavy atom. The molecule has 2 aliphatic carbocycles. The Labute approximate surface area is 268 Å². The first-order chi connectivity index (χ1) is 22.1. The van der Waals surface area contributed by atoms with Crippen LogP contribution in [-0.4, -0.2) is 11.9 Å². The predicted octanol–water partition coefficient (Wildman–Crippen LogP) is 10.7. The summed E-state index contributed by atoms with van der Waals surface area (Å²) < 4.78 is 0. The van der Waals surface area contributed by atoms with Crippen molar-refractivity contribution in [1.82, 2.24) is 4.90 Å². The minimum absolute atomic E-state index is 0.505. The third-order valence-corrected chi connectivity index (χ3v) is 8.82. The minimum Gasteiger partial charge on any atom is -0.357 e. The van der Waals surface area contributed by atoms with Crippen LogP contribution in [-0.2, 0) is 11.8 Å². The molecule has 0 amide bonds. The van der Waals surface area contributed by atoms with E-state index < -0.39 is 5.41 Å². The van der Waals surface area contributed by atoms with E-state index in [1.54, 1.807) is 0 Å². The van der Waals surface area contributed by atoms with Crippen molar-refractivity contribution in [2.24, 2.45) is 0 Å². The van der Waals surface area contributed by atoms with Gasteiger partial charge in [0, 0.05) is 19.4 Å². The van der Waals surface area contributed by atoms with Crippen molar-refractivity contribution in [3.8, 4) is 0 Å². The minimum atomic E-state index is -0.505. The molecule has 1 heteroatoms. The highest BCUT2D eigenvalue weighted by Crippen LogP contribution is 2.53. The molecule has 45 heavy (non-hydrogen) atoms. The molecular formula is C44H39N. The van der Waals surface area contributed by atoms with Gasteiger partial charge in [0.05, 0.1) is 5.41 Å². The number of hydrogen-bond acceptors (Lipinski definition) is 1. The van der Waals surface area contributed by atoms with Gasteiger partial charge >= 0.3 is 0 Å². The van der Waals surface area contributed by atoms with Crippen LogP contribution in [0.15, 0.2) is 200 Å². The molecule has 2 aliphatic rings. The van der Waals surface area contributed by atoms with Crippen molar-refractivity contribution < 1.29 is 0 Å². The van der Waals surface area contributed by atoms with Crippen molar-refractivity contribution in [3.05, 3.63) is 228 Å². The molecule has 4 aromatic carbocycles. The summed E-state index contributed by atoms with van der Waals surface area (Å²) in [6.45, 7) is 8.10. The number of fused-ring (bicyclic) bond motifs is 2. The lowest BCUT2D eigenvalue weighted by Gasteiger charge is -2.39. The van der Waals surface area contributed by atoms with Crippen molar-refractivity contribution in [2.75, 3.05) is 7.05 Å². The summed E-state index contributed by atoms with van der Waals surface area (Å²) in [5, 5.41) is 0. The van der Waals surface area contributed by atoms with Gasteiger partial charge in [-0.2, -0.15) is 0 Å². The summed E-state index contributed by atoms with van der Waals surface area (Å²) >= 11 is 0. The van der Waals surface area contributed by atoms with Gasteiger partial charge in [0.15, 0.2) is 0 Å². The lowest BCUT2D eigenvalue weighted by atomic mass is 9.63. The maximum absolute atomic E-state index is 4.17. The smallest absolute Gasteiger partial charge is 0.0668 e. The summed E-state index contributed by atoms with van der Waals surface area (Å²) in [7, 11) is 2.07. The fourth-order valence-corrected chi connectivity index (χ4v) is 6.80. The topological polar surface area (TPSA) is 3.24 Å². The molecule has 0 atom stereocenters. The zero-order valence-electron chi connectivity index (χ0n) is 25.9. The molecule has 0 radical (unpaired) electrons. The Hall–Kier alpha value is -5.40. The Kier molecular flexibility index (Phi) is 8.89. The summed E-state index contributed by atoms with van der Waals surface area (Å²) in [5.41, 5.74) is 12.5. The lowest BCUT2D eigenvalue weighted by molar-refractivity contribution is 0.621. The van der Waals surface area contributed by atoms with Gasteiger partial charge in [0.25, 0.3) is 0 Å². The molecular weight excluding hydrogens is 542 g/mol. The number of rotatable bonds is 11. The molecule has 0 aromatic heterocycles. The average Bonchev–Trinajstić information content (AvgIpc) is 3.66. The Balaban J connectivity index is 1.45. The highest BCUT2D eigenvalue weighted by Gasteiger charge is 2.43. The zero-order valence-corrected chi connectivity index (χ0v) is 25.9. The van der Waals surface area contributed by atoms with E-state index in [-0.39, 0.29) is 0 Å². The van der Waals surface area contributed by atoms with Gasteiger partial charge in [-0.3, -0.25) is 0 Å². The monoisotopic (exact) mass is 581 g/mol. The first-order valence-corrected chi connectivity index (χ1v) is 15.6. The number of nitrogens with zero attached hydrogens (tertiary/aromatic N) is 1. The zero-order chi connectivity index (χ0) is 31.1. The van der Waals surface area contributed by atoms with Gasteiger partial charge in [0.1, 0.15) is 0 Å². The second-order valence-electron chi connectivity index (χ2n) is 11.6.